The molecule has 4 nitrogen and oxygen atoms in total. The van der Waals surface area contributed by atoms with Gasteiger partial charge in [0.15, 0.2) is 0 Å². The van der Waals surface area contributed by atoms with E-state index < -0.39 is 0 Å². The number of nitrogens with two attached hydrogens (primary N) is 1. The zero-order chi connectivity index (χ0) is 14.5. The Bertz CT molecular complexity index is 575. The highest BCUT2D eigenvalue weighted by Crippen LogP contribution is 2.26. The lowest BCUT2D eigenvalue weighted by Crippen LogP contribution is -2.22. The summed E-state index contributed by atoms with van der Waals surface area (Å²) in [6.45, 7) is 3.05. The number of anilines is 1. The van der Waals surface area contributed by atoms with Gasteiger partial charge in [0.1, 0.15) is 11.6 Å². The third-order valence-corrected chi connectivity index (χ3v) is 4.93. The average Bonchev–Trinajstić information content (AvgIpc) is 2.94. The van der Waals surface area contributed by atoms with Crippen LogP contribution in [0.25, 0.3) is 0 Å². The van der Waals surface area contributed by atoms with E-state index >= 15 is 0 Å². The van der Waals surface area contributed by atoms with Crippen molar-refractivity contribution in [2.75, 3.05) is 24.6 Å². The molecule has 0 aliphatic carbocycles. The summed E-state index contributed by atoms with van der Waals surface area (Å²) in [5, 5.41) is 0. The van der Waals surface area contributed by atoms with E-state index in [2.05, 4.69) is 45.2 Å². The summed E-state index contributed by atoms with van der Waals surface area (Å²) in [6.07, 6.45) is 2.98. The Morgan fingerprint density at radius 3 is 2.90 bits per heavy atom. The second kappa shape index (κ2) is 6.91. The molecule has 110 valence electrons. The zero-order valence-corrected chi connectivity index (χ0v) is 12.8. The van der Waals surface area contributed by atoms with Crippen LogP contribution < -0.4 is 5.73 Å². The number of hydrogen-bond donors (Lipinski definition) is 1. The van der Waals surface area contributed by atoms with Crippen molar-refractivity contribution in [3.05, 3.63) is 48.4 Å². The van der Waals surface area contributed by atoms with Crippen molar-refractivity contribution in [1.82, 2.24) is 14.9 Å². The fraction of sp³-hybridized carbons (Fsp3) is 0.375. The van der Waals surface area contributed by atoms with Gasteiger partial charge in [-0.3, -0.25) is 4.90 Å². The SMILES string of the molecule is Nc1ccnc(CN2CC[C@H](CSc3ccccc3)C2)n1. The molecule has 5 heteroatoms. The molecule has 3 rings (SSSR count). The number of aromatic nitrogens is 2. The summed E-state index contributed by atoms with van der Waals surface area (Å²) in [5.41, 5.74) is 5.70. The lowest BCUT2D eigenvalue weighted by molar-refractivity contribution is 0.313. The standard InChI is InChI=1S/C16H20N4S/c17-15-6-8-18-16(19-15)11-20-9-7-13(10-20)12-21-14-4-2-1-3-5-14/h1-6,8,13H,7,9-12H2,(H2,17,18,19)/t13-/m0/s1. The molecule has 2 N–H and O–H groups in total. The lowest BCUT2D eigenvalue weighted by Gasteiger charge is -2.15. The van der Waals surface area contributed by atoms with Crippen LogP contribution in [0.1, 0.15) is 12.2 Å². The van der Waals surface area contributed by atoms with E-state index in [0.717, 1.165) is 31.4 Å². The molecule has 1 fully saturated rings. The van der Waals surface area contributed by atoms with E-state index in [1.54, 1.807) is 12.3 Å². The first-order valence-electron chi connectivity index (χ1n) is 7.27. The van der Waals surface area contributed by atoms with Gasteiger partial charge in [0, 0.05) is 23.4 Å². The molecule has 1 atom stereocenters. The first-order chi connectivity index (χ1) is 10.3. The molecule has 0 radical (unpaired) electrons. The van der Waals surface area contributed by atoms with Crippen molar-refractivity contribution in [2.24, 2.45) is 5.92 Å². The predicted octanol–water partition coefficient (Wildman–Crippen LogP) is 2.67. The Kier molecular flexibility index (Phi) is 4.72. The van der Waals surface area contributed by atoms with Crippen molar-refractivity contribution in [3.8, 4) is 0 Å². The molecular weight excluding hydrogens is 280 g/mol. The van der Waals surface area contributed by atoms with E-state index in [-0.39, 0.29) is 0 Å². The van der Waals surface area contributed by atoms with Crippen LogP contribution in [0.4, 0.5) is 5.82 Å². The smallest absolute Gasteiger partial charge is 0.144 e. The van der Waals surface area contributed by atoms with E-state index in [4.69, 9.17) is 5.73 Å². The predicted molar refractivity (Wildman–Crippen MR) is 87.0 cm³/mol. The van der Waals surface area contributed by atoms with Gasteiger partial charge >= 0.3 is 0 Å². The number of benzene rings is 1. The van der Waals surface area contributed by atoms with Crippen molar-refractivity contribution >= 4 is 17.6 Å². The van der Waals surface area contributed by atoms with Gasteiger partial charge in [0.25, 0.3) is 0 Å². The average molecular weight is 300 g/mol. The molecule has 0 bridgehead atoms. The van der Waals surface area contributed by atoms with Gasteiger partial charge in [-0.1, -0.05) is 18.2 Å². The molecule has 1 aliphatic heterocycles. The minimum Gasteiger partial charge on any atom is -0.384 e. The van der Waals surface area contributed by atoms with Gasteiger partial charge in [0.2, 0.25) is 0 Å². The van der Waals surface area contributed by atoms with E-state index in [1.165, 1.54) is 17.1 Å². The number of rotatable bonds is 5. The summed E-state index contributed by atoms with van der Waals surface area (Å²) in [4.78, 5) is 12.3. The molecule has 0 saturated carbocycles. The maximum absolute atomic E-state index is 5.70. The summed E-state index contributed by atoms with van der Waals surface area (Å²) < 4.78 is 0. The minimum absolute atomic E-state index is 0.551. The number of nitrogen functional groups attached to an aromatic ring is 1. The number of hydrogen-bond acceptors (Lipinski definition) is 5. The van der Waals surface area contributed by atoms with Gasteiger partial charge in [-0.15, -0.1) is 11.8 Å². The maximum atomic E-state index is 5.70. The third kappa shape index (κ3) is 4.19. The largest absolute Gasteiger partial charge is 0.384 e. The molecule has 0 spiro atoms. The molecule has 21 heavy (non-hydrogen) atoms. The first-order valence-corrected chi connectivity index (χ1v) is 8.26. The number of likely N-dealkylation sites (tertiary alicyclic amines) is 1. The van der Waals surface area contributed by atoms with Crippen LogP contribution >= 0.6 is 11.8 Å². The molecule has 2 aromatic rings. The summed E-state index contributed by atoms with van der Waals surface area (Å²) in [5.74, 6) is 3.30. The highest BCUT2D eigenvalue weighted by atomic mass is 32.2. The maximum Gasteiger partial charge on any atom is 0.144 e. The Balaban J connectivity index is 1.47. The molecule has 1 aromatic heterocycles. The zero-order valence-electron chi connectivity index (χ0n) is 12.0. The third-order valence-electron chi connectivity index (χ3n) is 3.69. The van der Waals surface area contributed by atoms with E-state index in [1.807, 2.05) is 11.8 Å². The molecule has 1 aliphatic rings. The Morgan fingerprint density at radius 1 is 1.24 bits per heavy atom. The normalized spacial score (nSPS) is 19.0. The quantitative estimate of drug-likeness (QED) is 0.860. The van der Waals surface area contributed by atoms with Gasteiger partial charge in [-0.05, 0) is 37.1 Å². The van der Waals surface area contributed by atoms with Crippen molar-refractivity contribution < 1.29 is 0 Å². The van der Waals surface area contributed by atoms with Crippen LogP contribution in [0.15, 0.2) is 47.5 Å². The Hall–Kier alpha value is -1.59. The highest BCUT2D eigenvalue weighted by Gasteiger charge is 2.23. The van der Waals surface area contributed by atoms with Gasteiger partial charge in [0.05, 0.1) is 6.54 Å². The van der Waals surface area contributed by atoms with Crippen LogP contribution in [0.5, 0.6) is 0 Å². The van der Waals surface area contributed by atoms with Crippen molar-refractivity contribution in [1.29, 1.82) is 0 Å². The lowest BCUT2D eigenvalue weighted by atomic mass is 10.2. The molecule has 2 heterocycles. The highest BCUT2D eigenvalue weighted by molar-refractivity contribution is 7.99. The Labute approximate surface area is 129 Å². The van der Waals surface area contributed by atoms with Gasteiger partial charge in [-0.25, -0.2) is 9.97 Å². The summed E-state index contributed by atoms with van der Waals surface area (Å²) >= 11 is 1.95. The fourth-order valence-electron chi connectivity index (χ4n) is 2.61. The topological polar surface area (TPSA) is 55.0 Å². The number of nitrogens with zero attached hydrogens (tertiary/aromatic N) is 3. The second-order valence-corrected chi connectivity index (χ2v) is 6.51. The molecule has 0 unspecified atom stereocenters. The molecular formula is C16H20N4S. The first kappa shape index (κ1) is 14.4. The van der Waals surface area contributed by atoms with Gasteiger partial charge in [-0.2, -0.15) is 0 Å². The summed E-state index contributed by atoms with van der Waals surface area (Å²) in [7, 11) is 0. The fourth-order valence-corrected chi connectivity index (χ4v) is 3.66. The van der Waals surface area contributed by atoms with Crippen LogP contribution in [-0.2, 0) is 6.54 Å². The second-order valence-electron chi connectivity index (χ2n) is 5.41. The van der Waals surface area contributed by atoms with Gasteiger partial charge < -0.3 is 5.73 Å². The van der Waals surface area contributed by atoms with E-state index in [9.17, 15) is 0 Å². The van der Waals surface area contributed by atoms with E-state index in [0.29, 0.717) is 5.82 Å². The molecule has 1 aromatic carbocycles. The summed E-state index contributed by atoms with van der Waals surface area (Å²) in [6, 6.07) is 12.3. The van der Waals surface area contributed by atoms with Crippen LogP contribution in [0, 0.1) is 5.92 Å². The van der Waals surface area contributed by atoms with Crippen molar-refractivity contribution in [2.45, 2.75) is 17.9 Å². The van der Waals surface area contributed by atoms with Crippen LogP contribution in [0.2, 0.25) is 0 Å². The molecule has 0 amide bonds. The van der Waals surface area contributed by atoms with Crippen LogP contribution in [0.3, 0.4) is 0 Å². The Morgan fingerprint density at radius 2 is 2.10 bits per heavy atom. The number of thioether (sulfide) groups is 1. The minimum atomic E-state index is 0.551. The van der Waals surface area contributed by atoms with Crippen LogP contribution in [-0.4, -0.2) is 33.7 Å². The van der Waals surface area contributed by atoms with Crippen molar-refractivity contribution in [3.63, 3.8) is 0 Å². The molecule has 1 saturated heterocycles. The monoisotopic (exact) mass is 300 g/mol.